The summed E-state index contributed by atoms with van der Waals surface area (Å²) in [7, 11) is 3.22. The monoisotopic (exact) mass is 637 g/mol. The van der Waals surface area contributed by atoms with E-state index in [1.165, 1.54) is 11.8 Å². The number of anilines is 1. The zero-order chi connectivity index (χ0) is 32.9. The number of rotatable bonds is 12. The van der Waals surface area contributed by atoms with Crippen molar-refractivity contribution < 1.29 is 23.6 Å². The van der Waals surface area contributed by atoms with E-state index in [0.29, 0.717) is 54.8 Å². The van der Waals surface area contributed by atoms with E-state index in [1.807, 2.05) is 35.2 Å². The molecule has 0 aliphatic carbocycles. The van der Waals surface area contributed by atoms with Crippen LogP contribution in [0.5, 0.6) is 11.5 Å². The number of aryl methyl sites for hydroxylation is 1. The van der Waals surface area contributed by atoms with Crippen molar-refractivity contribution in [2.45, 2.75) is 45.3 Å². The second kappa shape index (κ2) is 14.3. The van der Waals surface area contributed by atoms with Gasteiger partial charge in [-0.3, -0.25) is 14.5 Å². The van der Waals surface area contributed by atoms with Gasteiger partial charge in [0, 0.05) is 62.1 Å². The van der Waals surface area contributed by atoms with Gasteiger partial charge in [0.25, 0.3) is 11.8 Å². The Bertz CT molecular complexity index is 1700. The summed E-state index contributed by atoms with van der Waals surface area (Å²) in [6.45, 7) is 8.63. The van der Waals surface area contributed by atoms with Crippen molar-refractivity contribution in [2.24, 2.45) is 0 Å². The smallest absolute Gasteiger partial charge is 0.256 e. The highest BCUT2D eigenvalue weighted by atomic mass is 16.5. The fourth-order valence-electron chi connectivity index (χ4n) is 6.85. The zero-order valence-electron chi connectivity index (χ0n) is 27.6. The fraction of sp³-hybridized carbons (Fsp3) is 0.378. The Morgan fingerprint density at radius 2 is 1.72 bits per heavy atom. The Labute approximate surface area is 276 Å². The van der Waals surface area contributed by atoms with Crippen molar-refractivity contribution in [3.63, 3.8) is 0 Å². The van der Waals surface area contributed by atoms with Crippen molar-refractivity contribution >= 4 is 17.5 Å². The van der Waals surface area contributed by atoms with Crippen LogP contribution in [-0.4, -0.2) is 73.7 Å². The van der Waals surface area contributed by atoms with Gasteiger partial charge in [-0.25, -0.2) is 0 Å². The number of ether oxygens (including phenoxy) is 2. The van der Waals surface area contributed by atoms with Crippen molar-refractivity contribution in [1.82, 2.24) is 20.3 Å². The molecule has 0 bridgehead atoms. The van der Waals surface area contributed by atoms with Crippen molar-refractivity contribution in [1.29, 1.82) is 0 Å². The van der Waals surface area contributed by atoms with Gasteiger partial charge >= 0.3 is 0 Å². The molecule has 0 radical (unpaired) electrons. The lowest BCUT2D eigenvalue weighted by molar-refractivity contribution is 0.0687. The first-order valence-electron chi connectivity index (χ1n) is 16.3. The van der Waals surface area contributed by atoms with Gasteiger partial charge in [-0.2, -0.15) is 0 Å². The summed E-state index contributed by atoms with van der Waals surface area (Å²) in [4.78, 5) is 33.7. The summed E-state index contributed by atoms with van der Waals surface area (Å²) in [5.41, 5.74) is 5.67. The standard InChI is InChI=1S/C37H43N5O5/c1-25(27-10-6-5-7-11-27)40-18-20-41(21-19-40)33-13-8-12-29-31(33)24-42(37(29)44)32(28-15-16-34(45-3)35(22-28)46-4)14-9-17-38-36(43)30-23-39-47-26(30)2/h5-8,10-13,15-16,22-23,25,32H,9,14,17-21,24H2,1-4H3,(H,38,43)/t25?,32-/m1/s1. The molecule has 2 atom stereocenters. The summed E-state index contributed by atoms with van der Waals surface area (Å²) in [5.74, 6) is 1.51. The van der Waals surface area contributed by atoms with Gasteiger partial charge in [0.2, 0.25) is 0 Å². The third kappa shape index (κ3) is 6.69. The first-order valence-corrected chi connectivity index (χ1v) is 16.3. The molecular weight excluding hydrogens is 594 g/mol. The lowest BCUT2D eigenvalue weighted by atomic mass is 9.99. The van der Waals surface area contributed by atoms with Gasteiger partial charge in [0.05, 0.1) is 26.5 Å². The number of nitrogens with zero attached hydrogens (tertiary/aromatic N) is 4. The molecule has 1 unspecified atom stereocenters. The van der Waals surface area contributed by atoms with Crippen molar-refractivity contribution in [2.75, 3.05) is 51.8 Å². The molecule has 6 rings (SSSR count). The second-order valence-electron chi connectivity index (χ2n) is 12.2. The van der Waals surface area contributed by atoms with Gasteiger partial charge in [-0.1, -0.05) is 47.6 Å². The highest BCUT2D eigenvalue weighted by molar-refractivity contribution is 6.00. The Kier molecular flexibility index (Phi) is 9.77. The van der Waals surface area contributed by atoms with Crippen LogP contribution in [0.15, 0.2) is 77.4 Å². The average Bonchev–Trinajstić information content (AvgIpc) is 3.70. The molecule has 1 saturated heterocycles. The first kappa shape index (κ1) is 32.1. The molecule has 1 N–H and O–H groups in total. The van der Waals surface area contributed by atoms with E-state index in [4.69, 9.17) is 14.0 Å². The molecule has 10 heteroatoms. The molecule has 1 aromatic heterocycles. The number of methoxy groups -OCH3 is 2. The molecule has 246 valence electrons. The second-order valence-corrected chi connectivity index (χ2v) is 12.2. The number of hydrogen-bond acceptors (Lipinski definition) is 8. The first-order chi connectivity index (χ1) is 22.9. The SMILES string of the molecule is COc1ccc([C@@H](CCCNC(=O)c2cnoc2C)N2Cc3c(cccc3N3CCN(C(C)c4ccccc4)CC3)C2=O)cc1OC. The quantitative estimate of drug-likeness (QED) is 0.195. The summed E-state index contributed by atoms with van der Waals surface area (Å²) in [5, 5.41) is 6.68. The minimum atomic E-state index is -0.236. The van der Waals surface area contributed by atoms with Crippen LogP contribution in [0.2, 0.25) is 0 Å². The lowest BCUT2D eigenvalue weighted by Crippen LogP contribution is -2.47. The summed E-state index contributed by atoms with van der Waals surface area (Å²) in [6, 6.07) is 22.7. The molecule has 47 heavy (non-hydrogen) atoms. The number of hydrogen-bond donors (Lipinski definition) is 1. The normalized spacial score (nSPS) is 16.1. The van der Waals surface area contributed by atoms with Crippen LogP contribution >= 0.6 is 0 Å². The Morgan fingerprint density at radius 1 is 0.957 bits per heavy atom. The number of fused-ring (bicyclic) bond motifs is 1. The van der Waals surface area contributed by atoms with Crippen LogP contribution in [-0.2, 0) is 6.54 Å². The van der Waals surface area contributed by atoms with E-state index in [1.54, 1.807) is 21.1 Å². The molecule has 2 amide bonds. The molecule has 0 spiro atoms. The predicted molar refractivity (Wildman–Crippen MR) is 180 cm³/mol. The highest BCUT2D eigenvalue weighted by Gasteiger charge is 2.36. The van der Waals surface area contributed by atoms with E-state index in [2.05, 4.69) is 63.6 Å². The molecule has 3 aromatic carbocycles. The van der Waals surface area contributed by atoms with E-state index >= 15 is 0 Å². The molecule has 0 saturated carbocycles. The summed E-state index contributed by atoms with van der Waals surface area (Å²) >= 11 is 0. The zero-order valence-corrected chi connectivity index (χ0v) is 27.6. The van der Waals surface area contributed by atoms with Crippen molar-refractivity contribution in [3.8, 4) is 11.5 Å². The summed E-state index contributed by atoms with van der Waals surface area (Å²) in [6.07, 6.45) is 2.73. The van der Waals surface area contributed by atoms with Gasteiger partial charge in [-0.15, -0.1) is 0 Å². The van der Waals surface area contributed by atoms with Crippen LogP contribution < -0.4 is 19.7 Å². The van der Waals surface area contributed by atoms with Crippen LogP contribution in [0.4, 0.5) is 5.69 Å². The number of amides is 2. The van der Waals surface area contributed by atoms with Gasteiger partial charge in [-0.05, 0) is 62.1 Å². The van der Waals surface area contributed by atoms with Crippen LogP contribution in [0.3, 0.4) is 0 Å². The van der Waals surface area contributed by atoms with Crippen LogP contribution in [0.1, 0.15) is 75.0 Å². The molecule has 10 nitrogen and oxygen atoms in total. The molecular formula is C37H43N5O5. The number of benzene rings is 3. The van der Waals surface area contributed by atoms with E-state index in [9.17, 15) is 9.59 Å². The largest absolute Gasteiger partial charge is 0.493 e. The number of nitrogens with one attached hydrogen (secondary N) is 1. The molecule has 1 fully saturated rings. The topological polar surface area (TPSA) is 100 Å². The summed E-state index contributed by atoms with van der Waals surface area (Å²) < 4.78 is 16.2. The van der Waals surface area contributed by atoms with Gasteiger partial charge in [0.15, 0.2) is 11.5 Å². The number of carbonyl (C=O) groups excluding carboxylic acids is 2. The molecule has 2 aliphatic rings. The minimum Gasteiger partial charge on any atom is -0.493 e. The van der Waals surface area contributed by atoms with Gasteiger partial charge in [0.1, 0.15) is 11.3 Å². The van der Waals surface area contributed by atoms with Crippen LogP contribution in [0, 0.1) is 6.92 Å². The van der Waals surface area contributed by atoms with Crippen molar-refractivity contribution in [3.05, 3.63) is 107 Å². The number of aromatic nitrogens is 1. The Morgan fingerprint density at radius 3 is 2.43 bits per heavy atom. The third-order valence-corrected chi connectivity index (χ3v) is 9.56. The van der Waals surface area contributed by atoms with E-state index in [0.717, 1.165) is 48.6 Å². The fourth-order valence-corrected chi connectivity index (χ4v) is 6.85. The number of piperazine rings is 1. The van der Waals surface area contributed by atoms with Gasteiger partial charge < -0.3 is 29.1 Å². The third-order valence-electron chi connectivity index (χ3n) is 9.56. The maximum absolute atomic E-state index is 14.1. The predicted octanol–water partition coefficient (Wildman–Crippen LogP) is 5.79. The lowest BCUT2D eigenvalue weighted by Gasteiger charge is -2.40. The molecule has 3 heterocycles. The Balaban J connectivity index is 1.19. The minimum absolute atomic E-state index is 0.0158. The maximum atomic E-state index is 14.1. The number of carbonyl (C=O) groups is 2. The Hall–Kier alpha value is -4.83. The maximum Gasteiger partial charge on any atom is 0.256 e. The molecule has 4 aromatic rings. The van der Waals surface area contributed by atoms with E-state index < -0.39 is 0 Å². The highest BCUT2D eigenvalue weighted by Crippen LogP contribution is 2.40. The van der Waals surface area contributed by atoms with Crippen LogP contribution in [0.25, 0.3) is 0 Å². The van der Waals surface area contributed by atoms with E-state index in [-0.39, 0.29) is 17.9 Å². The average molecular weight is 638 g/mol. The molecule has 2 aliphatic heterocycles.